The summed E-state index contributed by atoms with van der Waals surface area (Å²) in [5.41, 5.74) is 4.07. The molecule has 1 saturated heterocycles. The summed E-state index contributed by atoms with van der Waals surface area (Å²) in [6.07, 6.45) is 4.23. The maximum Gasteiger partial charge on any atom is 0.317 e. The molecule has 0 radical (unpaired) electrons. The molecule has 1 fully saturated rings. The summed E-state index contributed by atoms with van der Waals surface area (Å²) in [5.74, 6) is 0.466. The first-order chi connectivity index (χ1) is 11.7. The smallest absolute Gasteiger partial charge is 0.317 e. The fraction of sp³-hybridized carbons (Fsp3) is 0.526. The first-order valence-electron chi connectivity index (χ1n) is 9.09. The largest absolute Gasteiger partial charge is 0.361 e. The van der Waals surface area contributed by atoms with Gasteiger partial charge in [0.15, 0.2) is 0 Å². The zero-order valence-electron chi connectivity index (χ0n) is 14.4. The van der Waals surface area contributed by atoms with Gasteiger partial charge >= 0.3 is 6.03 Å². The number of rotatable bonds is 3. The van der Waals surface area contributed by atoms with E-state index in [1.54, 1.807) is 0 Å². The van der Waals surface area contributed by atoms with E-state index >= 15 is 0 Å². The molecule has 3 atom stereocenters. The summed E-state index contributed by atoms with van der Waals surface area (Å²) < 4.78 is 0. The van der Waals surface area contributed by atoms with E-state index in [4.69, 9.17) is 0 Å². The zero-order valence-corrected chi connectivity index (χ0v) is 14.4. The van der Waals surface area contributed by atoms with Gasteiger partial charge in [0.1, 0.15) is 0 Å². The lowest BCUT2D eigenvalue weighted by atomic mass is 9.75. The molecule has 24 heavy (non-hydrogen) atoms. The van der Waals surface area contributed by atoms with Crippen LogP contribution < -0.4 is 10.6 Å². The van der Waals surface area contributed by atoms with Crippen LogP contribution in [0.5, 0.6) is 0 Å². The van der Waals surface area contributed by atoms with Crippen molar-refractivity contribution in [1.29, 1.82) is 0 Å². The fourth-order valence-electron chi connectivity index (χ4n) is 4.43. The van der Waals surface area contributed by atoms with Crippen molar-refractivity contribution >= 4 is 16.9 Å². The molecule has 0 bridgehead atoms. The number of urea groups is 1. The number of nitrogens with one attached hydrogen (secondary N) is 3. The molecule has 1 unspecified atom stereocenters. The Kier molecular flexibility index (Phi) is 3.96. The predicted octanol–water partition coefficient (Wildman–Crippen LogP) is 2.59. The molecule has 128 valence electrons. The SMILES string of the molecule is CCN(CC)C(=O)NC1CN[C@@H]2Cc3c[nH]c4cccc(c34)[C@H]2C1. The Bertz CT molecular complexity index is 749. The number of H-pyrrole nitrogens is 1. The van der Waals surface area contributed by atoms with Gasteiger partial charge in [-0.1, -0.05) is 12.1 Å². The van der Waals surface area contributed by atoms with Crippen LogP contribution in [0.25, 0.3) is 10.9 Å². The minimum Gasteiger partial charge on any atom is -0.361 e. The Balaban J connectivity index is 1.55. The van der Waals surface area contributed by atoms with Crippen LogP contribution in [0.4, 0.5) is 4.79 Å². The van der Waals surface area contributed by atoms with Crippen LogP contribution in [0.2, 0.25) is 0 Å². The van der Waals surface area contributed by atoms with Crippen LogP contribution in [0, 0.1) is 0 Å². The lowest BCUT2D eigenvalue weighted by Crippen LogP contribution is -2.56. The Hall–Kier alpha value is -2.01. The molecule has 4 rings (SSSR count). The number of fused-ring (bicyclic) bond motifs is 2. The molecule has 1 aliphatic carbocycles. The number of carbonyl (C=O) groups excluding carboxylic acids is 1. The molecule has 0 spiro atoms. The van der Waals surface area contributed by atoms with Gasteiger partial charge in [-0.3, -0.25) is 0 Å². The van der Waals surface area contributed by atoms with Gasteiger partial charge in [-0.2, -0.15) is 0 Å². The standard InChI is InChI=1S/C19H26N4O/c1-3-23(4-2)19(24)22-13-9-15-14-6-5-7-16-18(14)12(10-20-16)8-17(15)21-11-13/h5-7,10,13,15,17,20-21H,3-4,8-9,11H2,1-2H3,(H,22,24)/t13?,15-,17-/m1/s1. The van der Waals surface area contributed by atoms with Gasteiger partial charge in [-0.05, 0) is 43.9 Å². The van der Waals surface area contributed by atoms with Gasteiger partial charge in [-0.15, -0.1) is 0 Å². The highest BCUT2D eigenvalue weighted by Crippen LogP contribution is 2.40. The minimum atomic E-state index is 0.0570. The number of aromatic nitrogens is 1. The fourth-order valence-corrected chi connectivity index (χ4v) is 4.43. The first kappa shape index (κ1) is 15.5. The van der Waals surface area contributed by atoms with Crippen LogP contribution in [0.1, 0.15) is 37.3 Å². The monoisotopic (exact) mass is 326 g/mol. The van der Waals surface area contributed by atoms with Crippen molar-refractivity contribution in [3.63, 3.8) is 0 Å². The maximum atomic E-state index is 12.4. The highest BCUT2D eigenvalue weighted by Gasteiger charge is 2.36. The van der Waals surface area contributed by atoms with E-state index in [9.17, 15) is 4.79 Å². The molecule has 2 aliphatic rings. The van der Waals surface area contributed by atoms with Gasteiger partial charge in [-0.25, -0.2) is 4.79 Å². The molecule has 1 aromatic heterocycles. The van der Waals surface area contributed by atoms with E-state index in [2.05, 4.69) is 40.0 Å². The normalized spacial score (nSPS) is 25.3. The Morgan fingerprint density at radius 3 is 2.96 bits per heavy atom. The quantitative estimate of drug-likeness (QED) is 0.812. The summed E-state index contributed by atoms with van der Waals surface area (Å²) in [6.45, 7) is 6.39. The van der Waals surface area contributed by atoms with Gasteiger partial charge in [0.25, 0.3) is 0 Å². The number of amides is 2. The summed E-state index contributed by atoms with van der Waals surface area (Å²) >= 11 is 0. The molecular weight excluding hydrogens is 300 g/mol. The van der Waals surface area contributed by atoms with Gasteiger partial charge < -0.3 is 20.5 Å². The second-order valence-corrected chi connectivity index (χ2v) is 6.96. The van der Waals surface area contributed by atoms with E-state index in [0.29, 0.717) is 12.0 Å². The van der Waals surface area contributed by atoms with E-state index < -0.39 is 0 Å². The van der Waals surface area contributed by atoms with Crippen molar-refractivity contribution in [2.75, 3.05) is 19.6 Å². The van der Waals surface area contributed by atoms with Crippen molar-refractivity contribution in [3.05, 3.63) is 35.5 Å². The lowest BCUT2D eigenvalue weighted by Gasteiger charge is -2.41. The highest BCUT2D eigenvalue weighted by molar-refractivity contribution is 5.88. The first-order valence-corrected chi connectivity index (χ1v) is 9.09. The van der Waals surface area contributed by atoms with Crippen molar-refractivity contribution in [1.82, 2.24) is 20.5 Å². The number of carbonyl (C=O) groups is 1. The molecule has 3 N–H and O–H groups in total. The van der Waals surface area contributed by atoms with Crippen LogP contribution in [0.15, 0.2) is 24.4 Å². The maximum absolute atomic E-state index is 12.4. The number of nitrogens with zero attached hydrogens (tertiary/aromatic N) is 1. The molecule has 2 amide bonds. The van der Waals surface area contributed by atoms with Crippen LogP contribution in [0.3, 0.4) is 0 Å². The van der Waals surface area contributed by atoms with Gasteiger partial charge in [0.05, 0.1) is 0 Å². The Morgan fingerprint density at radius 2 is 2.17 bits per heavy atom. The van der Waals surface area contributed by atoms with Crippen molar-refractivity contribution in [2.45, 2.75) is 44.7 Å². The minimum absolute atomic E-state index is 0.0570. The molecule has 1 aromatic carbocycles. The summed E-state index contributed by atoms with van der Waals surface area (Å²) in [5, 5.41) is 8.30. The molecular formula is C19H26N4O. The Morgan fingerprint density at radius 1 is 1.33 bits per heavy atom. The summed E-state index contributed by atoms with van der Waals surface area (Å²) in [4.78, 5) is 17.6. The van der Waals surface area contributed by atoms with Gasteiger partial charge in [0.2, 0.25) is 0 Å². The van der Waals surface area contributed by atoms with E-state index in [1.165, 1.54) is 22.0 Å². The molecule has 1 aliphatic heterocycles. The molecule has 5 nitrogen and oxygen atoms in total. The molecule has 0 saturated carbocycles. The number of hydrogen-bond donors (Lipinski definition) is 3. The summed E-state index contributed by atoms with van der Waals surface area (Å²) in [6, 6.07) is 7.27. The highest BCUT2D eigenvalue weighted by atomic mass is 16.2. The summed E-state index contributed by atoms with van der Waals surface area (Å²) in [7, 11) is 0. The van der Waals surface area contributed by atoms with Crippen molar-refractivity contribution in [2.24, 2.45) is 0 Å². The van der Waals surface area contributed by atoms with Crippen LogP contribution in [-0.2, 0) is 6.42 Å². The Labute approximate surface area is 142 Å². The van der Waals surface area contributed by atoms with Crippen molar-refractivity contribution in [3.8, 4) is 0 Å². The number of hydrogen-bond acceptors (Lipinski definition) is 2. The number of piperidine rings is 1. The molecule has 5 heteroatoms. The molecule has 2 aromatic rings. The van der Waals surface area contributed by atoms with Crippen molar-refractivity contribution < 1.29 is 4.79 Å². The van der Waals surface area contributed by atoms with Gasteiger partial charge in [0, 0.05) is 54.7 Å². The van der Waals surface area contributed by atoms with Crippen LogP contribution >= 0.6 is 0 Å². The van der Waals surface area contributed by atoms with Crippen LogP contribution in [-0.4, -0.2) is 47.6 Å². The third kappa shape index (κ3) is 2.47. The average molecular weight is 326 g/mol. The van der Waals surface area contributed by atoms with E-state index in [-0.39, 0.29) is 12.1 Å². The second kappa shape index (κ2) is 6.13. The third-order valence-electron chi connectivity index (χ3n) is 5.69. The van der Waals surface area contributed by atoms with E-state index in [1.807, 2.05) is 18.7 Å². The predicted molar refractivity (Wildman–Crippen MR) is 96.4 cm³/mol. The third-order valence-corrected chi connectivity index (χ3v) is 5.69. The number of benzene rings is 1. The molecule has 2 heterocycles. The zero-order chi connectivity index (χ0) is 16.7. The average Bonchev–Trinajstić information content (AvgIpc) is 3.01. The lowest BCUT2D eigenvalue weighted by molar-refractivity contribution is 0.191. The second-order valence-electron chi connectivity index (χ2n) is 6.96. The van der Waals surface area contributed by atoms with E-state index in [0.717, 1.165) is 32.5 Å². The topological polar surface area (TPSA) is 60.2 Å². The number of aromatic amines is 1.